The summed E-state index contributed by atoms with van der Waals surface area (Å²) < 4.78 is 31.0. The summed E-state index contributed by atoms with van der Waals surface area (Å²) in [6, 6.07) is 0. The van der Waals surface area contributed by atoms with Gasteiger partial charge in [-0.2, -0.15) is 0 Å². The summed E-state index contributed by atoms with van der Waals surface area (Å²) in [6.45, 7) is 0.991. The molecule has 1 heterocycles. The molecule has 0 aromatic rings. The highest BCUT2D eigenvalue weighted by molar-refractivity contribution is 7.90. The number of sulfonamides is 1. The summed E-state index contributed by atoms with van der Waals surface area (Å²) in [5.41, 5.74) is 0. The van der Waals surface area contributed by atoms with Crippen molar-refractivity contribution in [2.75, 3.05) is 26.8 Å². The van der Waals surface area contributed by atoms with Gasteiger partial charge in [0.1, 0.15) is 4.75 Å². The molecule has 112 valence electrons. The summed E-state index contributed by atoms with van der Waals surface area (Å²) in [7, 11) is -1.88. The van der Waals surface area contributed by atoms with Crippen LogP contribution in [0.25, 0.3) is 0 Å². The topological polar surface area (TPSA) is 83.9 Å². The Hall–Kier alpha value is -1.10. The van der Waals surface area contributed by atoms with Gasteiger partial charge in [0.2, 0.25) is 10.0 Å². The highest BCUT2D eigenvalue weighted by Gasteiger charge is 2.57. The smallest absolute Gasteiger partial charge is 0.381 e. The molecule has 2 fully saturated rings. The van der Waals surface area contributed by atoms with Crippen LogP contribution in [0.15, 0.2) is 0 Å². The Morgan fingerprint density at radius 2 is 2.20 bits per heavy atom. The van der Waals surface area contributed by atoms with E-state index in [0.29, 0.717) is 25.8 Å². The quantitative estimate of drug-likeness (QED) is 0.755. The molecular weight excluding hydrogens is 282 g/mol. The van der Waals surface area contributed by atoms with E-state index in [-0.39, 0.29) is 19.1 Å². The molecule has 1 N–H and O–H groups in total. The Balaban J connectivity index is 2.09. The molecule has 1 aliphatic carbocycles. The Morgan fingerprint density at radius 3 is 2.75 bits per heavy atom. The Bertz CT molecular complexity index is 541. The average molecular weight is 301 g/mol. The third-order valence-electron chi connectivity index (χ3n) is 3.87. The van der Waals surface area contributed by atoms with Gasteiger partial charge in [0, 0.05) is 32.0 Å². The summed E-state index contributed by atoms with van der Waals surface area (Å²) in [4.78, 5) is 10.5. The zero-order chi connectivity index (χ0) is 14.8. The summed E-state index contributed by atoms with van der Waals surface area (Å²) >= 11 is 0. The van der Waals surface area contributed by atoms with E-state index < -0.39 is 20.7 Å². The molecule has 0 aromatic heterocycles. The largest absolute Gasteiger partial charge is 0.472 e. The molecular formula is C13H19NO5S. The van der Waals surface area contributed by atoms with E-state index in [2.05, 4.69) is 11.8 Å². The second-order valence-corrected chi connectivity index (χ2v) is 7.73. The van der Waals surface area contributed by atoms with Gasteiger partial charge >= 0.3 is 5.97 Å². The van der Waals surface area contributed by atoms with Gasteiger partial charge in [-0.15, -0.1) is 0 Å². The minimum absolute atomic E-state index is 0.201. The van der Waals surface area contributed by atoms with Crippen molar-refractivity contribution in [1.82, 2.24) is 4.31 Å². The van der Waals surface area contributed by atoms with Crippen LogP contribution in [0, 0.1) is 17.8 Å². The maximum Gasteiger partial charge on any atom is 0.381 e. The lowest BCUT2D eigenvalue weighted by Crippen LogP contribution is -2.46. The number of hydrogen-bond acceptors (Lipinski definition) is 4. The number of nitrogens with zero attached hydrogens (tertiary/aromatic N) is 1. The van der Waals surface area contributed by atoms with Gasteiger partial charge in [-0.3, -0.25) is 0 Å². The van der Waals surface area contributed by atoms with Crippen molar-refractivity contribution in [3.05, 3.63) is 0 Å². The highest BCUT2D eigenvalue weighted by Crippen LogP contribution is 2.46. The van der Waals surface area contributed by atoms with Crippen molar-refractivity contribution >= 4 is 16.0 Å². The first-order chi connectivity index (χ1) is 9.41. The molecule has 0 aromatic carbocycles. The standard InChI is InChI=1S/C13H19NO5S/c1-19-10-13(6-7-13)20(17,18)14-8-2-3-11(9-14)4-5-12(15)16/h11H,2-3,6-10H2,1H3,(H,15,16). The lowest BCUT2D eigenvalue weighted by Gasteiger charge is -2.32. The number of aliphatic carboxylic acids is 1. The molecule has 0 spiro atoms. The van der Waals surface area contributed by atoms with Crippen molar-refractivity contribution in [3.63, 3.8) is 0 Å². The summed E-state index contributed by atoms with van der Waals surface area (Å²) in [5.74, 6) is 3.35. The molecule has 2 aliphatic rings. The third-order valence-corrected chi connectivity index (χ3v) is 6.50. The number of piperidine rings is 1. The van der Waals surface area contributed by atoms with Crippen LogP contribution in [0.4, 0.5) is 0 Å². The van der Waals surface area contributed by atoms with Crippen molar-refractivity contribution in [2.24, 2.45) is 5.92 Å². The molecule has 1 atom stereocenters. The molecule has 6 nitrogen and oxygen atoms in total. The summed E-state index contributed by atoms with van der Waals surface area (Å²) in [6.07, 6.45) is 2.71. The van der Waals surface area contributed by atoms with Crippen LogP contribution in [0.5, 0.6) is 0 Å². The maximum absolute atomic E-state index is 12.6. The van der Waals surface area contributed by atoms with Crippen LogP contribution in [0.3, 0.4) is 0 Å². The van der Waals surface area contributed by atoms with Gasteiger partial charge in [0.05, 0.1) is 6.61 Å². The fraction of sp³-hybridized carbons (Fsp3) is 0.769. The number of methoxy groups -OCH3 is 1. The van der Waals surface area contributed by atoms with Crippen LogP contribution in [0.2, 0.25) is 0 Å². The van der Waals surface area contributed by atoms with Crippen molar-refractivity contribution < 1.29 is 23.1 Å². The predicted molar refractivity (Wildman–Crippen MR) is 72.5 cm³/mol. The average Bonchev–Trinajstić information content (AvgIpc) is 3.18. The zero-order valence-electron chi connectivity index (χ0n) is 11.5. The van der Waals surface area contributed by atoms with Crippen LogP contribution in [0.1, 0.15) is 25.7 Å². The van der Waals surface area contributed by atoms with Crippen molar-refractivity contribution in [1.29, 1.82) is 0 Å². The lowest BCUT2D eigenvalue weighted by molar-refractivity contribution is -0.130. The van der Waals surface area contributed by atoms with E-state index in [1.165, 1.54) is 11.4 Å². The zero-order valence-corrected chi connectivity index (χ0v) is 12.3. The number of carbonyl (C=O) groups is 1. The normalized spacial score (nSPS) is 25.6. The van der Waals surface area contributed by atoms with E-state index in [1.807, 2.05) is 0 Å². The first kappa shape index (κ1) is 15.3. The van der Waals surface area contributed by atoms with Crippen LogP contribution in [-0.4, -0.2) is 55.4 Å². The number of ether oxygens (including phenoxy) is 1. The lowest BCUT2D eigenvalue weighted by atomic mass is 10.0. The van der Waals surface area contributed by atoms with E-state index >= 15 is 0 Å². The molecule has 1 saturated carbocycles. The number of carboxylic acid groups (broad SMARTS) is 1. The SMILES string of the molecule is COCC1(S(=O)(=O)N2CCCC(C#CC(=O)O)C2)CC1. The second-order valence-electron chi connectivity index (χ2n) is 5.39. The molecule has 20 heavy (non-hydrogen) atoms. The molecule has 2 rings (SSSR count). The van der Waals surface area contributed by atoms with Gasteiger partial charge in [-0.1, -0.05) is 5.92 Å². The number of hydrogen-bond donors (Lipinski definition) is 1. The van der Waals surface area contributed by atoms with Crippen molar-refractivity contribution in [3.8, 4) is 11.8 Å². The monoisotopic (exact) mass is 301 g/mol. The molecule has 7 heteroatoms. The third kappa shape index (κ3) is 2.97. The van der Waals surface area contributed by atoms with E-state index in [1.54, 1.807) is 0 Å². The molecule has 0 bridgehead atoms. The van der Waals surface area contributed by atoms with Gasteiger partial charge < -0.3 is 9.84 Å². The first-order valence-electron chi connectivity index (χ1n) is 6.64. The molecule has 0 amide bonds. The summed E-state index contributed by atoms with van der Waals surface area (Å²) in [5, 5.41) is 8.56. The Labute approximate surface area is 119 Å². The molecule has 0 radical (unpaired) electrons. The minimum atomic E-state index is -3.39. The van der Waals surface area contributed by atoms with Gasteiger partial charge in [0.15, 0.2) is 0 Å². The highest BCUT2D eigenvalue weighted by atomic mass is 32.2. The molecule has 1 unspecified atom stereocenters. The number of carboxylic acids is 1. The van der Waals surface area contributed by atoms with Crippen LogP contribution < -0.4 is 0 Å². The van der Waals surface area contributed by atoms with Gasteiger partial charge in [0.25, 0.3) is 0 Å². The van der Waals surface area contributed by atoms with Gasteiger partial charge in [-0.25, -0.2) is 17.5 Å². The Kier molecular flexibility index (Phi) is 4.37. The minimum Gasteiger partial charge on any atom is -0.472 e. The second kappa shape index (κ2) is 5.72. The van der Waals surface area contributed by atoms with Crippen LogP contribution in [-0.2, 0) is 19.6 Å². The first-order valence-corrected chi connectivity index (χ1v) is 8.08. The maximum atomic E-state index is 12.6. The number of rotatable bonds is 4. The molecule has 1 aliphatic heterocycles. The van der Waals surface area contributed by atoms with Gasteiger partial charge in [-0.05, 0) is 25.7 Å². The molecule has 1 saturated heterocycles. The van der Waals surface area contributed by atoms with E-state index in [9.17, 15) is 13.2 Å². The van der Waals surface area contributed by atoms with Crippen LogP contribution >= 0.6 is 0 Å². The van der Waals surface area contributed by atoms with E-state index in [0.717, 1.165) is 6.42 Å². The Morgan fingerprint density at radius 1 is 1.50 bits per heavy atom. The predicted octanol–water partition coefficient (Wildman–Crippen LogP) is 0.295. The van der Waals surface area contributed by atoms with E-state index in [4.69, 9.17) is 9.84 Å². The fourth-order valence-electron chi connectivity index (χ4n) is 2.60. The fourth-order valence-corrected chi connectivity index (χ4v) is 4.77. The van der Waals surface area contributed by atoms with Crippen molar-refractivity contribution in [2.45, 2.75) is 30.4 Å².